The molecule has 3 heterocycles. The van der Waals surface area contributed by atoms with Crippen molar-refractivity contribution in [3.63, 3.8) is 0 Å². The Morgan fingerprint density at radius 1 is 0.356 bits per heavy atom. The molecule has 0 aliphatic carbocycles. The second-order valence-corrected chi connectivity index (χ2v) is 13.7. The molecule has 4 rings (SSSR count). The summed E-state index contributed by atoms with van der Waals surface area (Å²) < 4.78 is 7.08. The lowest BCUT2D eigenvalue weighted by Gasteiger charge is -2.11. The van der Waals surface area contributed by atoms with Crippen molar-refractivity contribution in [2.75, 3.05) is 0 Å². The van der Waals surface area contributed by atoms with E-state index in [2.05, 4.69) is 129 Å². The van der Waals surface area contributed by atoms with Gasteiger partial charge < -0.3 is 0 Å². The van der Waals surface area contributed by atoms with Gasteiger partial charge in [0.15, 0.2) is 37.2 Å². The third-order valence-corrected chi connectivity index (χ3v) is 9.75. The highest BCUT2D eigenvalue weighted by Crippen LogP contribution is 2.18. The van der Waals surface area contributed by atoms with Crippen LogP contribution in [0.5, 0.6) is 0 Å². The van der Waals surface area contributed by atoms with Crippen molar-refractivity contribution in [2.45, 2.75) is 138 Å². The minimum absolute atomic E-state index is 1.12. The van der Waals surface area contributed by atoms with Crippen molar-refractivity contribution in [3.05, 3.63) is 124 Å². The molecule has 0 amide bonds. The van der Waals surface area contributed by atoms with Gasteiger partial charge in [0.1, 0.15) is 19.6 Å². The molecule has 0 aliphatic heterocycles. The van der Waals surface area contributed by atoms with Crippen LogP contribution >= 0.6 is 0 Å². The Labute approximate surface area is 275 Å². The fraction of sp³-hybridized carbons (Fsp3) is 0.500. The second-order valence-electron chi connectivity index (χ2n) is 13.7. The molecule has 0 spiro atoms. The number of pyridine rings is 3. The summed E-state index contributed by atoms with van der Waals surface area (Å²) in [5.74, 6) is 0. The van der Waals surface area contributed by atoms with Crippen LogP contribution in [0.3, 0.4) is 0 Å². The van der Waals surface area contributed by atoms with Gasteiger partial charge in [-0.25, -0.2) is 13.7 Å². The van der Waals surface area contributed by atoms with Gasteiger partial charge in [-0.1, -0.05) is 18.2 Å². The summed E-state index contributed by atoms with van der Waals surface area (Å²) in [5, 5.41) is 0. The lowest BCUT2D eigenvalue weighted by atomic mass is 9.95. The number of unbranched alkanes of at least 4 members (excludes halogenated alkanes) is 6. The van der Waals surface area contributed by atoms with Crippen LogP contribution in [0.15, 0.2) is 73.6 Å². The summed E-state index contributed by atoms with van der Waals surface area (Å²) >= 11 is 0. The summed E-state index contributed by atoms with van der Waals surface area (Å²) in [5.41, 5.74) is 12.9. The molecule has 0 unspecified atom stereocenters. The number of aryl methyl sites for hydroxylation is 12. The first-order valence-corrected chi connectivity index (χ1v) is 17.8. The van der Waals surface area contributed by atoms with Crippen molar-refractivity contribution in [1.82, 2.24) is 0 Å². The van der Waals surface area contributed by atoms with Gasteiger partial charge in [0.05, 0.1) is 0 Å². The number of benzene rings is 1. The molecule has 240 valence electrons. The Hall–Kier alpha value is -3.33. The van der Waals surface area contributed by atoms with Crippen LogP contribution in [0, 0.1) is 41.5 Å². The summed E-state index contributed by atoms with van der Waals surface area (Å²) in [4.78, 5) is 0. The van der Waals surface area contributed by atoms with Crippen molar-refractivity contribution in [3.8, 4) is 0 Å². The Kier molecular flexibility index (Phi) is 13.8. The van der Waals surface area contributed by atoms with Gasteiger partial charge in [-0.2, -0.15) is 0 Å². The van der Waals surface area contributed by atoms with E-state index in [9.17, 15) is 0 Å². The first-order chi connectivity index (χ1) is 21.8. The molecule has 1 aromatic carbocycles. The monoisotopic (exact) mass is 606 g/mol. The first kappa shape index (κ1) is 34.5. The number of nitrogens with zero attached hydrogens (tertiary/aromatic N) is 3. The van der Waals surface area contributed by atoms with E-state index in [0.29, 0.717) is 0 Å². The summed E-state index contributed by atoms with van der Waals surface area (Å²) in [6.45, 7) is 16.6. The maximum Gasteiger partial charge on any atom is 0.171 e. The van der Waals surface area contributed by atoms with Gasteiger partial charge in [0.25, 0.3) is 0 Å². The van der Waals surface area contributed by atoms with E-state index in [1.54, 1.807) is 16.7 Å². The molecule has 0 bridgehead atoms. The Bertz CT molecular complexity index is 1310. The normalized spacial score (nSPS) is 11.3. The highest BCUT2D eigenvalue weighted by molar-refractivity contribution is 5.31. The van der Waals surface area contributed by atoms with Gasteiger partial charge in [0.2, 0.25) is 0 Å². The molecule has 0 radical (unpaired) electrons. The van der Waals surface area contributed by atoms with E-state index < -0.39 is 0 Å². The predicted molar refractivity (Wildman–Crippen MR) is 187 cm³/mol. The highest BCUT2D eigenvalue weighted by Gasteiger charge is 2.08. The fourth-order valence-electron chi connectivity index (χ4n) is 6.29. The zero-order valence-electron chi connectivity index (χ0n) is 29.4. The van der Waals surface area contributed by atoms with E-state index >= 15 is 0 Å². The molecule has 0 atom stereocenters. The summed E-state index contributed by atoms with van der Waals surface area (Å²) in [7, 11) is 0. The minimum atomic E-state index is 1.12. The van der Waals surface area contributed by atoms with Gasteiger partial charge in [0, 0.05) is 54.2 Å². The third kappa shape index (κ3) is 11.8. The average molecular weight is 607 g/mol. The van der Waals surface area contributed by atoms with Gasteiger partial charge in [-0.05, 0) is 133 Å². The first-order valence-electron chi connectivity index (χ1n) is 17.8. The number of aromatic nitrogens is 3. The van der Waals surface area contributed by atoms with Gasteiger partial charge in [-0.15, -0.1) is 0 Å². The molecular weight excluding hydrogens is 546 g/mol. The maximum absolute atomic E-state index is 2.52. The minimum Gasteiger partial charge on any atom is -0.205 e. The van der Waals surface area contributed by atoms with Crippen molar-refractivity contribution in [1.29, 1.82) is 0 Å². The Morgan fingerprint density at radius 2 is 0.644 bits per heavy atom. The Morgan fingerprint density at radius 3 is 0.911 bits per heavy atom. The van der Waals surface area contributed by atoms with E-state index in [4.69, 9.17) is 0 Å². The lowest BCUT2D eigenvalue weighted by Crippen LogP contribution is -2.33. The molecule has 0 saturated carbocycles. The number of hydrogen-bond donors (Lipinski definition) is 0. The predicted octanol–water partition coefficient (Wildman–Crippen LogP) is 8.64. The van der Waals surface area contributed by atoms with E-state index in [0.717, 1.165) is 19.6 Å². The fourth-order valence-corrected chi connectivity index (χ4v) is 6.29. The molecule has 3 nitrogen and oxygen atoms in total. The van der Waals surface area contributed by atoms with Crippen molar-refractivity contribution in [2.24, 2.45) is 0 Å². The molecule has 0 N–H and O–H groups in total. The molecule has 4 aromatic rings. The molecule has 0 saturated heterocycles. The molecule has 3 heteroatoms. The molecular formula is C42H60N3+3. The zero-order chi connectivity index (χ0) is 32.0. The van der Waals surface area contributed by atoms with E-state index in [1.807, 2.05) is 0 Å². The van der Waals surface area contributed by atoms with Crippen molar-refractivity contribution >= 4 is 0 Å². The van der Waals surface area contributed by atoms with Crippen LogP contribution in [-0.2, 0) is 38.9 Å². The summed E-state index contributed by atoms with van der Waals surface area (Å²) in [6.07, 6.45) is 28.6. The average Bonchev–Trinajstić information content (AvgIpc) is 3.02. The van der Waals surface area contributed by atoms with Crippen LogP contribution < -0.4 is 13.7 Å². The smallest absolute Gasteiger partial charge is 0.171 e. The molecule has 0 fully saturated rings. The van der Waals surface area contributed by atoms with Crippen LogP contribution in [0.1, 0.15) is 108 Å². The quantitative estimate of drug-likeness (QED) is 0.0794. The Balaban J connectivity index is 1.26. The van der Waals surface area contributed by atoms with E-state index in [1.165, 1.54) is 110 Å². The third-order valence-electron chi connectivity index (χ3n) is 9.75. The van der Waals surface area contributed by atoms with Crippen LogP contribution in [-0.4, -0.2) is 0 Å². The maximum atomic E-state index is 2.52. The standard InChI is InChI=1S/C42H60N3/c1-34-19-25-43(31-37(34)4)22-13-7-10-16-40-28-41(17-11-8-14-23-44-26-20-35(2)38(5)32-44)30-42(29-40)18-12-9-15-24-45-27-21-36(3)39(6)33-45/h19-21,25-33H,7-18,22-24H2,1-6H3/q+3. The van der Waals surface area contributed by atoms with Crippen LogP contribution in [0.2, 0.25) is 0 Å². The molecule has 0 aliphatic rings. The second kappa shape index (κ2) is 18.0. The van der Waals surface area contributed by atoms with E-state index in [-0.39, 0.29) is 0 Å². The highest BCUT2D eigenvalue weighted by atomic mass is 14.9. The van der Waals surface area contributed by atoms with Gasteiger partial charge >= 0.3 is 0 Å². The number of rotatable bonds is 18. The van der Waals surface area contributed by atoms with Crippen LogP contribution in [0.25, 0.3) is 0 Å². The zero-order valence-corrected chi connectivity index (χ0v) is 29.4. The lowest BCUT2D eigenvalue weighted by molar-refractivity contribution is -0.697. The molecule has 3 aromatic heterocycles. The SMILES string of the molecule is Cc1cc[n+](CCCCCc2cc(CCCCC[n+]3ccc(C)c(C)c3)cc(CCCCC[n+]3ccc(C)c(C)c3)c2)cc1C. The number of hydrogen-bond acceptors (Lipinski definition) is 0. The largest absolute Gasteiger partial charge is 0.205 e. The topological polar surface area (TPSA) is 11.6 Å². The van der Waals surface area contributed by atoms with Crippen molar-refractivity contribution < 1.29 is 13.7 Å². The summed E-state index contributed by atoms with van der Waals surface area (Å²) in [6, 6.07) is 14.3. The van der Waals surface area contributed by atoms with Crippen LogP contribution in [0.4, 0.5) is 0 Å². The molecule has 45 heavy (non-hydrogen) atoms. The van der Waals surface area contributed by atoms with Gasteiger partial charge in [-0.3, -0.25) is 0 Å².